The van der Waals surface area contributed by atoms with E-state index >= 15 is 0 Å². The average molecular weight is 284 g/mol. The lowest BCUT2D eigenvalue weighted by molar-refractivity contribution is 0.639. The Morgan fingerprint density at radius 2 is 2.20 bits per heavy atom. The zero-order valence-corrected chi connectivity index (χ0v) is 11.9. The molecule has 0 amide bonds. The highest BCUT2D eigenvalue weighted by Gasteiger charge is 2.21. The molecule has 5 heteroatoms. The maximum absolute atomic E-state index is 4.78. The molecule has 0 bridgehead atoms. The van der Waals surface area contributed by atoms with Crippen LogP contribution in [0.3, 0.4) is 0 Å². The van der Waals surface area contributed by atoms with Crippen molar-refractivity contribution in [1.82, 2.24) is 20.1 Å². The lowest BCUT2D eigenvalue weighted by Crippen LogP contribution is -2.16. The quantitative estimate of drug-likeness (QED) is 0.783. The summed E-state index contributed by atoms with van der Waals surface area (Å²) in [5.74, 6) is 0. The van der Waals surface area contributed by atoms with Gasteiger partial charge in [-0.1, -0.05) is 18.2 Å². The molecule has 4 nitrogen and oxygen atoms in total. The molecular weight excluding hydrogens is 268 g/mol. The van der Waals surface area contributed by atoms with E-state index in [2.05, 4.69) is 39.2 Å². The fourth-order valence-corrected chi connectivity index (χ4v) is 3.03. The molecule has 0 atom stereocenters. The van der Waals surface area contributed by atoms with Crippen molar-refractivity contribution in [3.63, 3.8) is 0 Å². The maximum Gasteiger partial charge on any atom is 0.114 e. The summed E-state index contributed by atoms with van der Waals surface area (Å²) in [4.78, 5) is 4.35. The van der Waals surface area contributed by atoms with Crippen LogP contribution in [0.5, 0.6) is 0 Å². The van der Waals surface area contributed by atoms with Gasteiger partial charge in [0.05, 0.1) is 17.8 Å². The highest BCUT2D eigenvalue weighted by molar-refractivity contribution is 7.09. The van der Waals surface area contributed by atoms with Crippen molar-refractivity contribution in [1.29, 1.82) is 0 Å². The molecule has 2 heterocycles. The smallest absolute Gasteiger partial charge is 0.114 e. The van der Waals surface area contributed by atoms with Crippen LogP contribution in [-0.4, -0.2) is 20.8 Å². The van der Waals surface area contributed by atoms with Gasteiger partial charge in [-0.05, 0) is 18.9 Å². The van der Waals surface area contributed by atoms with E-state index in [0.29, 0.717) is 6.04 Å². The van der Waals surface area contributed by atoms with E-state index in [-0.39, 0.29) is 0 Å². The summed E-state index contributed by atoms with van der Waals surface area (Å²) in [7, 11) is 0. The van der Waals surface area contributed by atoms with E-state index in [9.17, 15) is 0 Å². The van der Waals surface area contributed by atoms with Crippen LogP contribution in [0, 0.1) is 0 Å². The van der Waals surface area contributed by atoms with Gasteiger partial charge in [0.2, 0.25) is 0 Å². The summed E-state index contributed by atoms with van der Waals surface area (Å²) in [6, 6.07) is 9.15. The molecule has 1 aliphatic rings. The molecule has 0 aliphatic heterocycles. The van der Waals surface area contributed by atoms with Gasteiger partial charge in [0, 0.05) is 29.5 Å². The Kier molecular flexibility index (Phi) is 3.01. The summed E-state index contributed by atoms with van der Waals surface area (Å²) in [5.41, 5.74) is 2.33. The topological polar surface area (TPSA) is 42.7 Å². The minimum absolute atomic E-state index is 0.706. The minimum Gasteiger partial charge on any atom is -0.308 e. The third-order valence-corrected chi connectivity index (χ3v) is 4.40. The van der Waals surface area contributed by atoms with Crippen molar-refractivity contribution in [3.05, 3.63) is 46.5 Å². The monoisotopic (exact) mass is 284 g/mol. The lowest BCUT2D eigenvalue weighted by Gasteiger charge is -2.00. The molecule has 1 fully saturated rings. The minimum atomic E-state index is 0.706. The molecule has 1 aliphatic carbocycles. The average Bonchev–Trinajstić information content (AvgIpc) is 3.05. The van der Waals surface area contributed by atoms with Crippen LogP contribution in [0.15, 0.2) is 35.8 Å². The third kappa shape index (κ3) is 2.34. The Balaban J connectivity index is 1.68. The zero-order chi connectivity index (χ0) is 13.4. The molecule has 0 radical (unpaired) electrons. The summed E-state index contributed by atoms with van der Waals surface area (Å²) in [6.45, 7) is 1.61. The van der Waals surface area contributed by atoms with E-state index in [1.165, 1.54) is 23.7 Å². The number of benzene rings is 1. The molecule has 0 unspecified atom stereocenters. The van der Waals surface area contributed by atoms with Gasteiger partial charge in [-0.15, -0.1) is 11.3 Å². The molecule has 1 saturated carbocycles. The Morgan fingerprint density at radius 1 is 1.30 bits per heavy atom. The number of aromatic nitrogens is 3. The van der Waals surface area contributed by atoms with Crippen molar-refractivity contribution in [3.8, 4) is 0 Å². The normalized spacial score (nSPS) is 15.0. The standard InChI is InChI=1S/C15H16N4S/c1-2-4-14-12(3-1)13(9-17-11-5-6-11)18-19(14)10-15-16-7-8-20-15/h1-4,7-8,11,17H,5-6,9-10H2. The Bertz CT molecular complexity index is 713. The SMILES string of the molecule is c1ccc2c(c1)c(CNC1CC1)nn2Cc1nccs1. The summed E-state index contributed by atoms with van der Waals surface area (Å²) >= 11 is 1.68. The number of para-hydroxylation sites is 1. The van der Waals surface area contributed by atoms with Gasteiger partial charge in [-0.3, -0.25) is 4.68 Å². The molecule has 0 saturated heterocycles. The molecule has 1 aromatic carbocycles. The van der Waals surface area contributed by atoms with E-state index < -0.39 is 0 Å². The van der Waals surface area contributed by atoms with E-state index in [0.717, 1.165) is 23.8 Å². The summed E-state index contributed by atoms with van der Waals surface area (Å²) in [5, 5.41) is 12.7. The van der Waals surface area contributed by atoms with Crippen molar-refractivity contribution >= 4 is 22.2 Å². The number of hydrogen-bond acceptors (Lipinski definition) is 4. The Labute approximate surface area is 121 Å². The molecule has 4 rings (SSSR count). The summed E-state index contributed by atoms with van der Waals surface area (Å²) in [6.07, 6.45) is 4.46. The van der Waals surface area contributed by atoms with E-state index in [4.69, 9.17) is 5.10 Å². The van der Waals surface area contributed by atoms with Gasteiger partial charge >= 0.3 is 0 Å². The third-order valence-electron chi connectivity index (χ3n) is 3.64. The fourth-order valence-electron chi connectivity index (χ4n) is 2.43. The first-order chi connectivity index (χ1) is 9.90. The predicted octanol–water partition coefficient (Wildman–Crippen LogP) is 2.79. The summed E-state index contributed by atoms with van der Waals surface area (Å²) < 4.78 is 2.07. The van der Waals surface area contributed by atoms with Gasteiger partial charge in [-0.2, -0.15) is 5.10 Å². The number of fused-ring (bicyclic) bond motifs is 1. The Hall–Kier alpha value is -1.72. The molecule has 3 aromatic rings. The van der Waals surface area contributed by atoms with Crippen LogP contribution in [-0.2, 0) is 13.1 Å². The van der Waals surface area contributed by atoms with Gasteiger partial charge in [0.25, 0.3) is 0 Å². The van der Waals surface area contributed by atoms with Crippen LogP contribution in [0.1, 0.15) is 23.5 Å². The van der Waals surface area contributed by atoms with Crippen molar-refractivity contribution in [2.24, 2.45) is 0 Å². The van der Waals surface area contributed by atoms with Gasteiger partial charge in [0.1, 0.15) is 5.01 Å². The van der Waals surface area contributed by atoms with E-state index in [1.807, 2.05) is 11.6 Å². The van der Waals surface area contributed by atoms with Crippen LogP contribution >= 0.6 is 11.3 Å². The van der Waals surface area contributed by atoms with Gasteiger partial charge in [-0.25, -0.2) is 4.98 Å². The molecular formula is C15H16N4S. The second kappa shape index (κ2) is 5.00. The number of nitrogens with one attached hydrogen (secondary N) is 1. The first-order valence-electron chi connectivity index (χ1n) is 6.96. The van der Waals surface area contributed by atoms with Crippen LogP contribution in [0.2, 0.25) is 0 Å². The predicted molar refractivity (Wildman–Crippen MR) is 80.8 cm³/mol. The number of hydrogen-bond donors (Lipinski definition) is 1. The first-order valence-corrected chi connectivity index (χ1v) is 7.84. The van der Waals surface area contributed by atoms with Crippen molar-refractivity contribution in [2.75, 3.05) is 0 Å². The number of nitrogens with zero attached hydrogens (tertiary/aromatic N) is 3. The van der Waals surface area contributed by atoms with Gasteiger partial charge in [0.15, 0.2) is 0 Å². The second-order valence-corrected chi connectivity index (χ2v) is 6.18. The van der Waals surface area contributed by atoms with E-state index in [1.54, 1.807) is 11.3 Å². The first kappa shape index (κ1) is 12.1. The largest absolute Gasteiger partial charge is 0.308 e. The van der Waals surface area contributed by atoms with Gasteiger partial charge < -0.3 is 5.32 Å². The number of thiazole rings is 1. The van der Waals surface area contributed by atoms with Crippen LogP contribution in [0.25, 0.3) is 10.9 Å². The Morgan fingerprint density at radius 3 is 3.00 bits per heavy atom. The van der Waals surface area contributed by atoms with Crippen LogP contribution in [0.4, 0.5) is 0 Å². The maximum atomic E-state index is 4.78. The molecule has 2 aromatic heterocycles. The van der Waals surface area contributed by atoms with Crippen molar-refractivity contribution in [2.45, 2.75) is 32.0 Å². The molecule has 20 heavy (non-hydrogen) atoms. The van der Waals surface area contributed by atoms with Crippen molar-refractivity contribution < 1.29 is 0 Å². The molecule has 1 N–H and O–H groups in total. The van der Waals surface area contributed by atoms with Crippen LogP contribution < -0.4 is 5.32 Å². The second-order valence-electron chi connectivity index (χ2n) is 5.20. The molecule has 0 spiro atoms. The zero-order valence-electron chi connectivity index (χ0n) is 11.1. The highest BCUT2D eigenvalue weighted by Crippen LogP contribution is 2.23. The highest BCUT2D eigenvalue weighted by atomic mass is 32.1. The fraction of sp³-hybridized carbons (Fsp3) is 0.333. The lowest BCUT2D eigenvalue weighted by atomic mass is 10.2. The molecule has 102 valence electrons. The number of rotatable bonds is 5.